The maximum atomic E-state index is 9.45. The monoisotopic (exact) mass is 220 g/mol. The summed E-state index contributed by atoms with van der Waals surface area (Å²) >= 11 is 0. The van der Waals surface area contributed by atoms with Crippen molar-refractivity contribution in [1.82, 2.24) is 5.32 Å². The lowest BCUT2D eigenvalue weighted by atomic mass is 10.1. The van der Waals surface area contributed by atoms with E-state index in [2.05, 4.69) is 34.5 Å². The molecular formula is C13H20N2O. The fourth-order valence-electron chi connectivity index (χ4n) is 2.15. The second-order valence-corrected chi connectivity index (χ2v) is 4.41. The first-order valence-corrected chi connectivity index (χ1v) is 5.96. The summed E-state index contributed by atoms with van der Waals surface area (Å²) in [5.74, 6) is 0. The summed E-state index contributed by atoms with van der Waals surface area (Å²) < 4.78 is 0. The standard InChI is InChI=1S/C13H20N2O/c1-14-10-11-2-4-12(5-3-11)15-8-6-13(16)7-9-15/h2-5,13-14,16H,6-10H2,1H3. The van der Waals surface area contributed by atoms with Gasteiger partial charge in [0.05, 0.1) is 6.10 Å². The maximum absolute atomic E-state index is 9.45. The van der Waals surface area contributed by atoms with E-state index in [0.29, 0.717) is 0 Å². The Hall–Kier alpha value is -1.06. The van der Waals surface area contributed by atoms with Gasteiger partial charge in [0.25, 0.3) is 0 Å². The van der Waals surface area contributed by atoms with Crippen LogP contribution >= 0.6 is 0 Å². The molecule has 1 aliphatic heterocycles. The molecule has 1 fully saturated rings. The lowest BCUT2D eigenvalue weighted by Crippen LogP contribution is -2.35. The number of piperidine rings is 1. The zero-order valence-electron chi connectivity index (χ0n) is 9.82. The Kier molecular flexibility index (Phi) is 3.80. The first-order chi connectivity index (χ1) is 7.79. The van der Waals surface area contributed by atoms with Gasteiger partial charge < -0.3 is 15.3 Å². The Morgan fingerprint density at radius 2 is 1.88 bits per heavy atom. The fourth-order valence-corrected chi connectivity index (χ4v) is 2.15. The highest BCUT2D eigenvalue weighted by atomic mass is 16.3. The summed E-state index contributed by atoms with van der Waals surface area (Å²) in [6.07, 6.45) is 1.68. The van der Waals surface area contributed by atoms with Crippen LogP contribution in [-0.4, -0.2) is 31.3 Å². The summed E-state index contributed by atoms with van der Waals surface area (Å²) in [5, 5.41) is 12.6. The van der Waals surface area contributed by atoms with E-state index in [4.69, 9.17) is 0 Å². The number of aliphatic hydroxyl groups is 1. The quantitative estimate of drug-likeness (QED) is 0.807. The molecule has 1 saturated heterocycles. The van der Waals surface area contributed by atoms with E-state index in [0.717, 1.165) is 32.5 Å². The summed E-state index contributed by atoms with van der Waals surface area (Å²) in [6.45, 7) is 2.85. The van der Waals surface area contributed by atoms with E-state index >= 15 is 0 Å². The normalized spacial score (nSPS) is 17.8. The van der Waals surface area contributed by atoms with E-state index in [1.165, 1.54) is 11.3 Å². The second kappa shape index (κ2) is 5.32. The molecule has 0 aromatic heterocycles. The molecule has 1 aromatic rings. The van der Waals surface area contributed by atoms with Crippen molar-refractivity contribution in [3.8, 4) is 0 Å². The minimum absolute atomic E-state index is 0.0974. The summed E-state index contributed by atoms with van der Waals surface area (Å²) in [7, 11) is 1.96. The molecule has 3 nitrogen and oxygen atoms in total. The van der Waals surface area contributed by atoms with E-state index in [-0.39, 0.29) is 6.10 Å². The molecule has 0 amide bonds. The molecule has 3 heteroatoms. The number of anilines is 1. The molecule has 0 saturated carbocycles. The van der Waals surface area contributed by atoms with Gasteiger partial charge in [-0.1, -0.05) is 12.1 Å². The second-order valence-electron chi connectivity index (χ2n) is 4.41. The summed E-state index contributed by atoms with van der Waals surface area (Å²) in [6, 6.07) is 8.67. The number of benzene rings is 1. The van der Waals surface area contributed by atoms with Crippen LogP contribution in [0.1, 0.15) is 18.4 Å². The highest BCUT2D eigenvalue weighted by Crippen LogP contribution is 2.20. The van der Waals surface area contributed by atoms with Crippen LogP contribution in [0.4, 0.5) is 5.69 Å². The molecule has 0 radical (unpaired) electrons. The molecule has 0 unspecified atom stereocenters. The van der Waals surface area contributed by atoms with Gasteiger partial charge in [-0.05, 0) is 37.6 Å². The van der Waals surface area contributed by atoms with Crippen LogP contribution in [0.25, 0.3) is 0 Å². The molecular weight excluding hydrogens is 200 g/mol. The summed E-state index contributed by atoms with van der Waals surface area (Å²) in [5.41, 5.74) is 2.58. The van der Waals surface area contributed by atoms with Crippen LogP contribution in [0.15, 0.2) is 24.3 Å². The van der Waals surface area contributed by atoms with Gasteiger partial charge in [0.15, 0.2) is 0 Å². The smallest absolute Gasteiger partial charge is 0.0574 e. The minimum atomic E-state index is -0.0974. The van der Waals surface area contributed by atoms with E-state index in [9.17, 15) is 5.11 Å². The molecule has 2 N–H and O–H groups in total. The van der Waals surface area contributed by atoms with Crippen molar-refractivity contribution in [3.05, 3.63) is 29.8 Å². The first kappa shape index (κ1) is 11.4. The van der Waals surface area contributed by atoms with Gasteiger partial charge >= 0.3 is 0 Å². The topological polar surface area (TPSA) is 35.5 Å². The van der Waals surface area contributed by atoms with E-state index in [1.54, 1.807) is 0 Å². The van der Waals surface area contributed by atoms with Gasteiger partial charge in [-0.2, -0.15) is 0 Å². The van der Waals surface area contributed by atoms with Crippen molar-refractivity contribution >= 4 is 5.69 Å². The predicted octanol–water partition coefficient (Wildman–Crippen LogP) is 1.37. The number of nitrogens with zero attached hydrogens (tertiary/aromatic N) is 1. The first-order valence-electron chi connectivity index (χ1n) is 5.96. The fraction of sp³-hybridized carbons (Fsp3) is 0.538. The van der Waals surface area contributed by atoms with Crippen molar-refractivity contribution in [3.63, 3.8) is 0 Å². The van der Waals surface area contributed by atoms with Crippen molar-refractivity contribution in [2.24, 2.45) is 0 Å². The third-order valence-corrected chi connectivity index (χ3v) is 3.15. The number of hydrogen-bond donors (Lipinski definition) is 2. The molecule has 1 aromatic carbocycles. The van der Waals surface area contributed by atoms with Gasteiger partial charge in [0.2, 0.25) is 0 Å². The summed E-state index contributed by atoms with van der Waals surface area (Å²) in [4.78, 5) is 2.34. The largest absolute Gasteiger partial charge is 0.393 e. The Morgan fingerprint density at radius 1 is 1.25 bits per heavy atom. The van der Waals surface area contributed by atoms with Gasteiger partial charge in [-0.3, -0.25) is 0 Å². The third-order valence-electron chi connectivity index (χ3n) is 3.15. The Morgan fingerprint density at radius 3 is 2.44 bits per heavy atom. The zero-order valence-corrected chi connectivity index (χ0v) is 9.82. The molecule has 88 valence electrons. The molecule has 16 heavy (non-hydrogen) atoms. The van der Waals surface area contributed by atoms with Crippen molar-refractivity contribution in [2.45, 2.75) is 25.5 Å². The predicted molar refractivity (Wildman–Crippen MR) is 66.7 cm³/mol. The molecule has 1 heterocycles. The van der Waals surface area contributed by atoms with Gasteiger partial charge in [-0.15, -0.1) is 0 Å². The van der Waals surface area contributed by atoms with Crippen molar-refractivity contribution < 1.29 is 5.11 Å². The average molecular weight is 220 g/mol. The van der Waals surface area contributed by atoms with Gasteiger partial charge in [-0.25, -0.2) is 0 Å². The SMILES string of the molecule is CNCc1ccc(N2CCC(O)CC2)cc1. The Bertz CT molecular complexity index is 315. The van der Waals surface area contributed by atoms with E-state index in [1.807, 2.05) is 7.05 Å². The van der Waals surface area contributed by atoms with Gasteiger partial charge in [0.1, 0.15) is 0 Å². The average Bonchev–Trinajstić information content (AvgIpc) is 2.32. The lowest BCUT2D eigenvalue weighted by molar-refractivity contribution is 0.145. The van der Waals surface area contributed by atoms with Crippen LogP contribution in [0.5, 0.6) is 0 Å². The number of hydrogen-bond acceptors (Lipinski definition) is 3. The molecule has 0 spiro atoms. The third kappa shape index (κ3) is 2.74. The number of aliphatic hydroxyl groups excluding tert-OH is 1. The molecule has 0 bridgehead atoms. The molecule has 0 atom stereocenters. The molecule has 2 rings (SSSR count). The number of nitrogens with one attached hydrogen (secondary N) is 1. The van der Waals surface area contributed by atoms with Crippen molar-refractivity contribution in [1.29, 1.82) is 0 Å². The van der Waals surface area contributed by atoms with E-state index < -0.39 is 0 Å². The molecule has 1 aliphatic rings. The van der Waals surface area contributed by atoms with Crippen LogP contribution in [0, 0.1) is 0 Å². The highest BCUT2D eigenvalue weighted by molar-refractivity contribution is 5.48. The molecule has 0 aliphatic carbocycles. The maximum Gasteiger partial charge on any atom is 0.0574 e. The number of rotatable bonds is 3. The van der Waals surface area contributed by atoms with Crippen LogP contribution in [0.2, 0.25) is 0 Å². The zero-order chi connectivity index (χ0) is 11.4. The van der Waals surface area contributed by atoms with Crippen LogP contribution < -0.4 is 10.2 Å². The van der Waals surface area contributed by atoms with Crippen LogP contribution in [-0.2, 0) is 6.54 Å². The van der Waals surface area contributed by atoms with Crippen molar-refractivity contribution in [2.75, 3.05) is 25.0 Å². The van der Waals surface area contributed by atoms with Crippen LogP contribution in [0.3, 0.4) is 0 Å². The minimum Gasteiger partial charge on any atom is -0.393 e. The Balaban J connectivity index is 1.98. The van der Waals surface area contributed by atoms with Gasteiger partial charge in [0, 0.05) is 25.3 Å². The highest BCUT2D eigenvalue weighted by Gasteiger charge is 2.16. The Labute approximate surface area is 97.1 Å². The lowest BCUT2D eigenvalue weighted by Gasteiger charge is -2.31.